The van der Waals surface area contributed by atoms with E-state index in [1.165, 1.54) is 0 Å². The van der Waals surface area contributed by atoms with Crippen LogP contribution in [0.2, 0.25) is 0 Å². The summed E-state index contributed by atoms with van der Waals surface area (Å²) in [4.78, 5) is 19.0. The predicted molar refractivity (Wildman–Crippen MR) is 76.9 cm³/mol. The van der Waals surface area contributed by atoms with Crippen LogP contribution in [0.4, 0.5) is 0 Å². The van der Waals surface area contributed by atoms with Gasteiger partial charge in [0.15, 0.2) is 0 Å². The van der Waals surface area contributed by atoms with Crippen LogP contribution in [0, 0.1) is 5.41 Å². The Morgan fingerprint density at radius 1 is 1.45 bits per heavy atom. The first-order valence-electron chi connectivity index (χ1n) is 7.19. The molecule has 0 atom stereocenters. The quantitative estimate of drug-likeness (QED) is 0.877. The van der Waals surface area contributed by atoms with Gasteiger partial charge in [-0.05, 0) is 31.9 Å². The van der Waals surface area contributed by atoms with Gasteiger partial charge in [-0.1, -0.05) is 6.07 Å². The smallest absolute Gasteiger partial charge is 0.230 e. The Labute approximate surface area is 120 Å². The zero-order valence-electron chi connectivity index (χ0n) is 12.0. The van der Waals surface area contributed by atoms with Gasteiger partial charge in [0, 0.05) is 32.5 Å². The van der Waals surface area contributed by atoms with Gasteiger partial charge in [0.1, 0.15) is 0 Å². The molecule has 5 nitrogen and oxygen atoms in total. The minimum atomic E-state index is -0.455. The van der Waals surface area contributed by atoms with E-state index in [4.69, 9.17) is 10.5 Å². The SMILES string of the molecule is CCN(Cc1ccccn1)C(=O)C1(CN)CCOCC1. The second kappa shape index (κ2) is 6.81. The van der Waals surface area contributed by atoms with Crippen LogP contribution in [0.3, 0.4) is 0 Å². The average molecular weight is 277 g/mol. The van der Waals surface area contributed by atoms with Crippen LogP contribution in [0.5, 0.6) is 0 Å². The van der Waals surface area contributed by atoms with Crippen molar-refractivity contribution in [1.29, 1.82) is 0 Å². The minimum absolute atomic E-state index is 0.136. The normalized spacial score (nSPS) is 17.7. The number of nitrogens with zero attached hydrogens (tertiary/aromatic N) is 2. The van der Waals surface area contributed by atoms with Crippen LogP contribution >= 0.6 is 0 Å². The zero-order valence-corrected chi connectivity index (χ0v) is 12.0. The molecule has 0 saturated carbocycles. The maximum Gasteiger partial charge on any atom is 0.230 e. The van der Waals surface area contributed by atoms with Crippen molar-refractivity contribution in [3.8, 4) is 0 Å². The molecule has 1 aliphatic heterocycles. The summed E-state index contributed by atoms with van der Waals surface area (Å²) in [5, 5.41) is 0. The lowest BCUT2D eigenvalue weighted by Gasteiger charge is -2.38. The van der Waals surface area contributed by atoms with E-state index in [0.29, 0.717) is 45.7 Å². The maximum absolute atomic E-state index is 12.8. The van der Waals surface area contributed by atoms with Crippen molar-refractivity contribution in [1.82, 2.24) is 9.88 Å². The number of ether oxygens (including phenoxy) is 1. The molecule has 2 rings (SSSR count). The first-order chi connectivity index (χ1) is 9.72. The second-order valence-electron chi connectivity index (χ2n) is 5.24. The lowest BCUT2D eigenvalue weighted by Crippen LogP contribution is -2.50. The van der Waals surface area contributed by atoms with E-state index in [0.717, 1.165) is 5.69 Å². The molecule has 2 N–H and O–H groups in total. The molecule has 20 heavy (non-hydrogen) atoms. The highest BCUT2D eigenvalue weighted by Gasteiger charge is 2.41. The maximum atomic E-state index is 12.8. The van der Waals surface area contributed by atoms with Crippen LogP contribution < -0.4 is 5.73 Å². The van der Waals surface area contributed by atoms with E-state index in [2.05, 4.69) is 4.98 Å². The first-order valence-corrected chi connectivity index (χ1v) is 7.19. The fraction of sp³-hybridized carbons (Fsp3) is 0.600. The van der Waals surface area contributed by atoms with Crippen LogP contribution in [0.15, 0.2) is 24.4 Å². The Morgan fingerprint density at radius 2 is 2.20 bits per heavy atom. The van der Waals surface area contributed by atoms with Gasteiger partial charge >= 0.3 is 0 Å². The first kappa shape index (κ1) is 14.9. The van der Waals surface area contributed by atoms with E-state index < -0.39 is 5.41 Å². The van der Waals surface area contributed by atoms with Gasteiger partial charge < -0.3 is 15.4 Å². The fourth-order valence-corrected chi connectivity index (χ4v) is 2.62. The Bertz CT molecular complexity index is 430. The van der Waals surface area contributed by atoms with Crippen molar-refractivity contribution in [3.05, 3.63) is 30.1 Å². The molecule has 1 fully saturated rings. The summed E-state index contributed by atoms with van der Waals surface area (Å²) in [5.74, 6) is 0.136. The molecular weight excluding hydrogens is 254 g/mol. The number of carbonyl (C=O) groups is 1. The van der Waals surface area contributed by atoms with Crippen LogP contribution in [-0.4, -0.2) is 42.1 Å². The molecular formula is C15H23N3O2. The molecule has 110 valence electrons. The van der Waals surface area contributed by atoms with Gasteiger partial charge in [-0.2, -0.15) is 0 Å². The van der Waals surface area contributed by atoms with Crippen molar-refractivity contribution in [3.63, 3.8) is 0 Å². The monoisotopic (exact) mass is 277 g/mol. The molecule has 1 saturated heterocycles. The summed E-state index contributed by atoms with van der Waals surface area (Å²) in [7, 11) is 0. The van der Waals surface area contributed by atoms with Gasteiger partial charge in [-0.15, -0.1) is 0 Å². The van der Waals surface area contributed by atoms with Crippen LogP contribution in [0.25, 0.3) is 0 Å². The van der Waals surface area contributed by atoms with Gasteiger partial charge in [-0.3, -0.25) is 9.78 Å². The molecule has 0 aliphatic carbocycles. The predicted octanol–water partition coefficient (Wildman–Crippen LogP) is 1.19. The van der Waals surface area contributed by atoms with Crippen LogP contribution in [0.1, 0.15) is 25.5 Å². The van der Waals surface area contributed by atoms with Crippen molar-refractivity contribution >= 4 is 5.91 Å². The average Bonchev–Trinajstić information content (AvgIpc) is 2.53. The molecule has 0 aromatic carbocycles. The van der Waals surface area contributed by atoms with Gasteiger partial charge in [-0.25, -0.2) is 0 Å². The molecule has 0 spiro atoms. The van der Waals surface area contributed by atoms with Crippen molar-refractivity contribution in [2.24, 2.45) is 11.1 Å². The van der Waals surface area contributed by atoms with E-state index in [9.17, 15) is 4.79 Å². The Balaban J connectivity index is 2.11. The number of nitrogens with two attached hydrogens (primary N) is 1. The highest BCUT2D eigenvalue weighted by molar-refractivity contribution is 5.83. The third-order valence-electron chi connectivity index (χ3n) is 4.04. The number of pyridine rings is 1. The lowest BCUT2D eigenvalue weighted by atomic mass is 9.79. The lowest BCUT2D eigenvalue weighted by molar-refractivity contribution is -0.147. The summed E-state index contributed by atoms with van der Waals surface area (Å²) in [6.45, 7) is 4.81. The summed E-state index contributed by atoms with van der Waals surface area (Å²) < 4.78 is 5.37. The topological polar surface area (TPSA) is 68.5 Å². The zero-order chi connectivity index (χ0) is 14.4. The summed E-state index contributed by atoms with van der Waals surface area (Å²) in [5.41, 5.74) is 6.36. The third-order valence-corrected chi connectivity index (χ3v) is 4.04. The molecule has 0 bridgehead atoms. The number of hydrogen-bond donors (Lipinski definition) is 1. The standard InChI is InChI=1S/C15H23N3O2/c1-2-18(11-13-5-3-4-8-17-13)14(19)15(12-16)6-9-20-10-7-15/h3-5,8H,2,6-7,9-12,16H2,1H3. The molecule has 0 radical (unpaired) electrons. The highest BCUT2D eigenvalue weighted by atomic mass is 16.5. The van der Waals surface area contributed by atoms with E-state index in [1.807, 2.05) is 30.0 Å². The van der Waals surface area contributed by atoms with E-state index in [1.54, 1.807) is 6.20 Å². The van der Waals surface area contributed by atoms with E-state index >= 15 is 0 Å². The molecule has 1 amide bonds. The molecule has 1 aromatic heterocycles. The Kier molecular flexibility index (Phi) is 5.09. The van der Waals surface area contributed by atoms with Crippen molar-refractivity contribution in [2.75, 3.05) is 26.3 Å². The molecule has 0 unspecified atom stereocenters. The Morgan fingerprint density at radius 3 is 2.75 bits per heavy atom. The largest absolute Gasteiger partial charge is 0.381 e. The van der Waals surface area contributed by atoms with Gasteiger partial charge in [0.05, 0.1) is 17.7 Å². The Hall–Kier alpha value is -1.46. The third kappa shape index (κ3) is 3.16. The summed E-state index contributed by atoms with van der Waals surface area (Å²) >= 11 is 0. The van der Waals surface area contributed by atoms with Gasteiger partial charge in [0.2, 0.25) is 5.91 Å². The summed E-state index contributed by atoms with van der Waals surface area (Å²) in [6, 6.07) is 5.75. The van der Waals surface area contributed by atoms with Crippen molar-refractivity contribution < 1.29 is 9.53 Å². The summed E-state index contributed by atoms with van der Waals surface area (Å²) in [6.07, 6.45) is 3.17. The highest BCUT2D eigenvalue weighted by Crippen LogP contribution is 2.32. The molecule has 1 aromatic rings. The molecule has 2 heterocycles. The fourth-order valence-electron chi connectivity index (χ4n) is 2.62. The number of hydrogen-bond acceptors (Lipinski definition) is 4. The second-order valence-corrected chi connectivity index (χ2v) is 5.24. The number of aromatic nitrogens is 1. The van der Waals surface area contributed by atoms with E-state index in [-0.39, 0.29) is 5.91 Å². The number of rotatable bonds is 5. The number of amides is 1. The van der Waals surface area contributed by atoms with Crippen LogP contribution in [-0.2, 0) is 16.1 Å². The molecule has 1 aliphatic rings. The number of carbonyl (C=O) groups excluding carboxylic acids is 1. The molecule has 5 heteroatoms. The van der Waals surface area contributed by atoms with Crippen molar-refractivity contribution in [2.45, 2.75) is 26.3 Å². The minimum Gasteiger partial charge on any atom is -0.381 e. The van der Waals surface area contributed by atoms with Gasteiger partial charge in [0.25, 0.3) is 0 Å².